The maximum atomic E-state index is 6.67. The van der Waals surface area contributed by atoms with Crippen LogP contribution in [-0.2, 0) is 16.2 Å². The second-order valence-electron chi connectivity index (χ2n) is 25.7. The van der Waals surface area contributed by atoms with Crippen LogP contribution in [0.15, 0.2) is 150 Å². The zero-order valence-electron chi connectivity index (χ0n) is 44.6. The van der Waals surface area contributed by atoms with Gasteiger partial charge < -0.3 is 19.1 Å². The Labute approximate surface area is 442 Å². The van der Waals surface area contributed by atoms with Gasteiger partial charge in [-0.2, -0.15) is 0 Å². The van der Waals surface area contributed by atoms with Gasteiger partial charge in [0.05, 0.1) is 11.2 Å². The third kappa shape index (κ3) is 5.98. The lowest BCUT2D eigenvalue weighted by Crippen LogP contribution is -2.69. The molecule has 3 saturated carbocycles. The summed E-state index contributed by atoms with van der Waals surface area (Å²) in [6.07, 6.45) is 10.8. The Kier molecular flexibility index (Phi) is 9.57. The minimum atomic E-state index is -0.0965. The lowest BCUT2D eigenvalue weighted by atomic mass is 9.35. The van der Waals surface area contributed by atoms with E-state index in [4.69, 9.17) is 4.42 Å². The number of anilines is 8. The largest absolute Gasteiger partial charge is 0.456 e. The zero-order chi connectivity index (χ0) is 50.2. The topological polar surface area (TPSA) is 22.9 Å². The Bertz CT molecular complexity index is 3750. The molecule has 6 aliphatic rings. The van der Waals surface area contributed by atoms with E-state index in [0.717, 1.165) is 23.0 Å². The molecule has 15 rings (SSSR count). The van der Waals surface area contributed by atoms with Crippen LogP contribution in [0.25, 0.3) is 32.0 Å². The quantitative estimate of drug-likeness (QED) is 0.165. The summed E-state index contributed by atoms with van der Waals surface area (Å²) in [5.74, 6) is 2.78. The molecule has 3 aliphatic heterocycles. The highest BCUT2D eigenvalue weighted by atomic mass is 32.1. The maximum absolute atomic E-state index is 6.67. The number of hydrogen-bond acceptors (Lipinski definition) is 5. The number of furan rings is 1. The highest BCUT2D eigenvalue weighted by Crippen LogP contribution is 2.71. The molecule has 2 aromatic heterocycles. The van der Waals surface area contributed by atoms with Gasteiger partial charge in [-0.1, -0.05) is 147 Å². The van der Waals surface area contributed by atoms with Crippen molar-refractivity contribution in [2.24, 2.45) is 23.7 Å². The number of nitrogens with zero attached hydrogens (tertiary/aromatic N) is 3. The molecule has 370 valence electrons. The van der Waals surface area contributed by atoms with Crippen molar-refractivity contribution in [2.75, 3.05) is 14.7 Å². The van der Waals surface area contributed by atoms with E-state index in [2.05, 4.69) is 216 Å². The van der Waals surface area contributed by atoms with Gasteiger partial charge in [0.15, 0.2) is 0 Å². The first-order valence-corrected chi connectivity index (χ1v) is 28.9. The summed E-state index contributed by atoms with van der Waals surface area (Å²) in [6.45, 7) is 19.5. The number of benzene rings is 7. The van der Waals surface area contributed by atoms with Crippen molar-refractivity contribution in [3.05, 3.63) is 162 Å². The Hall–Kier alpha value is -6.24. The van der Waals surface area contributed by atoms with Crippen molar-refractivity contribution in [3.63, 3.8) is 0 Å². The average Bonchev–Trinajstić information content (AvgIpc) is 4.26. The number of rotatable bonds is 3. The van der Waals surface area contributed by atoms with Crippen molar-refractivity contribution in [1.82, 2.24) is 0 Å². The number of para-hydroxylation sites is 2. The molecule has 0 saturated heterocycles. The second kappa shape index (κ2) is 15.7. The van der Waals surface area contributed by atoms with Gasteiger partial charge in [0, 0.05) is 70.9 Å². The zero-order valence-corrected chi connectivity index (χ0v) is 45.4. The minimum Gasteiger partial charge on any atom is -0.456 e. The Morgan fingerprint density at radius 2 is 1.15 bits per heavy atom. The lowest BCUT2D eigenvalue weighted by molar-refractivity contribution is -0.0768. The van der Waals surface area contributed by atoms with E-state index >= 15 is 0 Å². The summed E-state index contributed by atoms with van der Waals surface area (Å²) < 4.78 is 9.40. The van der Waals surface area contributed by atoms with Crippen molar-refractivity contribution in [3.8, 4) is 0 Å². The molecule has 0 radical (unpaired) electrons. The highest BCUT2D eigenvalue weighted by Gasteiger charge is 2.70. The molecule has 3 fully saturated rings. The lowest BCUT2D eigenvalue weighted by Gasteiger charge is -2.65. The first-order chi connectivity index (χ1) is 35.7. The van der Waals surface area contributed by atoms with E-state index in [1.165, 1.54) is 145 Å². The fraction of sp³-hybridized carbons (Fsp3) is 0.353. The third-order valence-corrected chi connectivity index (χ3v) is 21.5. The molecule has 7 aromatic carbocycles. The van der Waals surface area contributed by atoms with E-state index in [1.807, 2.05) is 11.3 Å². The molecule has 9 aromatic rings. The number of thiophene rings is 1. The smallest absolute Gasteiger partial charge is 0.264 e. The number of hydrogen-bond donors (Lipinski definition) is 0. The highest BCUT2D eigenvalue weighted by molar-refractivity contribution is 7.34. The van der Waals surface area contributed by atoms with Gasteiger partial charge in [-0.3, -0.25) is 0 Å². The predicted molar refractivity (Wildman–Crippen MR) is 316 cm³/mol. The fourth-order valence-electron chi connectivity index (χ4n) is 16.7. The van der Waals surface area contributed by atoms with Crippen LogP contribution >= 0.6 is 11.3 Å². The van der Waals surface area contributed by atoms with Gasteiger partial charge in [-0.05, 0) is 168 Å². The van der Waals surface area contributed by atoms with E-state index in [9.17, 15) is 0 Å². The van der Waals surface area contributed by atoms with Gasteiger partial charge in [-0.25, -0.2) is 0 Å². The van der Waals surface area contributed by atoms with Gasteiger partial charge in [0.25, 0.3) is 6.71 Å². The van der Waals surface area contributed by atoms with Gasteiger partial charge in [0.2, 0.25) is 0 Å². The van der Waals surface area contributed by atoms with Crippen LogP contribution in [0.5, 0.6) is 0 Å². The van der Waals surface area contributed by atoms with Crippen LogP contribution in [0.1, 0.15) is 123 Å². The third-order valence-electron chi connectivity index (χ3n) is 20.2. The van der Waals surface area contributed by atoms with Crippen LogP contribution in [0.4, 0.5) is 45.5 Å². The molecule has 4 nitrogen and oxygen atoms in total. The summed E-state index contributed by atoms with van der Waals surface area (Å²) in [6, 6.07) is 56.7. The van der Waals surface area contributed by atoms with Crippen LogP contribution in [0.2, 0.25) is 0 Å². The maximum Gasteiger partial charge on any atom is 0.264 e. The van der Waals surface area contributed by atoms with Crippen molar-refractivity contribution < 1.29 is 4.42 Å². The van der Waals surface area contributed by atoms with E-state index < -0.39 is 0 Å². The van der Waals surface area contributed by atoms with Gasteiger partial charge >= 0.3 is 0 Å². The van der Waals surface area contributed by atoms with E-state index in [1.54, 1.807) is 5.56 Å². The summed E-state index contributed by atoms with van der Waals surface area (Å²) in [5.41, 5.74) is 19.2. The Morgan fingerprint density at radius 1 is 0.541 bits per heavy atom. The fourth-order valence-corrected chi connectivity index (χ4v) is 18.2. The molecule has 0 amide bonds. The molecular formula is C68H68BN3OS. The SMILES string of the molecule is CC(C)(C)c1ccc(N2c3cc4c(cc3B3c5sc6c(ccc7oc8ccccc8c76)c5N(c5ccc(C(C)(C)C)cc5)c5cccc2c53)C2(C)C3CCCCC3C3CCCCC3C2(C)N4c2ccccc2)cc1. The van der Waals surface area contributed by atoms with Crippen LogP contribution in [-0.4, -0.2) is 12.3 Å². The number of fused-ring (bicyclic) bond motifs is 18. The first kappa shape index (κ1) is 45.2. The molecule has 3 aliphatic carbocycles. The van der Waals surface area contributed by atoms with Crippen molar-refractivity contribution in [2.45, 2.75) is 129 Å². The molecule has 0 bridgehead atoms. The Balaban J connectivity index is 1.06. The average molecular weight is 986 g/mol. The minimum absolute atomic E-state index is 0.00566. The monoisotopic (exact) mass is 986 g/mol. The predicted octanol–water partition coefficient (Wildman–Crippen LogP) is 17.3. The molecule has 0 N–H and O–H groups in total. The van der Waals surface area contributed by atoms with Gasteiger partial charge in [0.1, 0.15) is 11.2 Å². The van der Waals surface area contributed by atoms with Crippen molar-refractivity contribution >= 4 is 111 Å². The molecule has 6 unspecified atom stereocenters. The van der Waals surface area contributed by atoms with E-state index in [-0.39, 0.29) is 28.5 Å². The molecule has 6 atom stereocenters. The summed E-state index contributed by atoms with van der Waals surface area (Å²) >= 11 is 2.01. The van der Waals surface area contributed by atoms with Crippen LogP contribution in [0, 0.1) is 23.7 Å². The van der Waals surface area contributed by atoms with Crippen LogP contribution < -0.4 is 30.4 Å². The summed E-state index contributed by atoms with van der Waals surface area (Å²) in [7, 11) is 0. The molecular weight excluding hydrogens is 918 g/mol. The standard InChI is InChI=1S/C68H68BN3OS/c1-65(2,3)41-29-33-43(34-30-41)70-54-26-18-27-55-61(54)69(64-62(71(55)44-35-31-42(32-36-44)66(4,5)6)49-37-38-59-60(63(49)74-64)48-23-14-17-28-58(48)73-59)53-39-52-56(40-57(53)70)72(45-19-10-9-11-20-45)68(8)51-25-16-13-22-47(51)46-21-12-15-24-50(46)67(52,68)7/h9-11,14,17-20,23,26-40,46-47,50-51H,12-13,15-16,21-22,24-25H2,1-8H3. The van der Waals surface area contributed by atoms with Crippen LogP contribution in [0.3, 0.4) is 0 Å². The van der Waals surface area contributed by atoms with Crippen molar-refractivity contribution in [1.29, 1.82) is 0 Å². The Morgan fingerprint density at radius 3 is 1.84 bits per heavy atom. The van der Waals surface area contributed by atoms with Gasteiger partial charge in [-0.15, -0.1) is 11.3 Å². The normalized spacial score (nSPS) is 24.9. The summed E-state index contributed by atoms with van der Waals surface area (Å²) in [5, 5.41) is 3.70. The first-order valence-electron chi connectivity index (χ1n) is 28.1. The summed E-state index contributed by atoms with van der Waals surface area (Å²) in [4.78, 5) is 8.23. The van der Waals surface area contributed by atoms with E-state index in [0.29, 0.717) is 11.8 Å². The molecule has 74 heavy (non-hydrogen) atoms. The molecule has 0 spiro atoms. The molecule has 6 heteroatoms. The second-order valence-corrected chi connectivity index (χ2v) is 26.7. The molecule has 5 heterocycles.